The van der Waals surface area contributed by atoms with Crippen molar-refractivity contribution in [1.29, 1.82) is 0 Å². The van der Waals surface area contributed by atoms with Crippen LogP contribution in [-0.4, -0.2) is 43.0 Å². The Morgan fingerprint density at radius 3 is 2.90 bits per heavy atom. The van der Waals surface area contributed by atoms with Crippen LogP contribution in [0.25, 0.3) is 0 Å². The molecular weight excluding hydrogens is 321 g/mol. The van der Waals surface area contributed by atoms with E-state index < -0.39 is 0 Å². The van der Waals surface area contributed by atoms with Gasteiger partial charge in [0.05, 0.1) is 17.3 Å². The topological polar surface area (TPSA) is 44.4 Å². The van der Waals surface area contributed by atoms with Crippen LogP contribution in [0.4, 0.5) is 5.69 Å². The first-order valence-corrected chi connectivity index (χ1v) is 7.01. The van der Waals surface area contributed by atoms with Gasteiger partial charge in [-0.05, 0) is 25.1 Å². The Morgan fingerprint density at radius 1 is 1.50 bits per heavy atom. The summed E-state index contributed by atoms with van der Waals surface area (Å²) in [5.74, 6) is -0.0574. The lowest BCUT2D eigenvalue weighted by Crippen LogP contribution is -2.51. The van der Waals surface area contributed by atoms with Crippen molar-refractivity contribution in [3.8, 4) is 0 Å². The number of carbonyl (C=O) groups is 1. The Morgan fingerprint density at radius 2 is 2.25 bits per heavy atom. The molecule has 0 aliphatic carbocycles. The van der Waals surface area contributed by atoms with Crippen molar-refractivity contribution in [2.24, 2.45) is 0 Å². The van der Waals surface area contributed by atoms with Gasteiger partial charge in [-0.15, -0.1) is 12.4 Å². The molecule has 1 saturated heterocycles. The lowest BCUT2D eigenvalue weighted by molar-refractivity contribution is -0.118. The quantitative estimate of drug-likeness (QED) is 0.890. The lowest BCUT2D eigenvalue weighted by Gasteiger charge is -2.33. The third kappa shape index (κ3) is 4.79. The number of halogens is 3. The molecule has 0 bridgehead atoms. The lowest BCUT2D eigenvalue weighted by atomic mass is 10.2. The second kappa shape index (κ2) is 8.05. The fraction of sp³-hybridized carbons (Fsp3) is 0.462. The van der Waals surface area contributed by atoms with E-state index in [1.807, 2.05) is 0 Å². The number of carbonyl (C=O) groups excluding carboxylic acids is 1. The van der Waals surface area contributed by atoms with Gasteiger partial charge in [-0.1, -0.05) is 23.2 Å². The van der Waals surface area contributed by atoms with Gasteiger partial charge in [-0.25, -0.2) is 0 Å². The average Bonchev–Trinajstić information content (AvgIpc) is 2.36. The summed E-state index contributed by atoms with van der Waals surface area (Å²) in [5.41, 5.74) is 0.596. The third-order valence-corrected chi connectivity index (χ3v) is 3.74. The molecule has 2 rings (SSSR count). The fourth-order valence-electron chi connectivity index (χ4n) is 2.08. The third-order valence-electron chi connectivity index (χ3n) is 3.19. The fourth-order valence-corrected chi connectivity index (χ4v) is 2.54. The second-order valence-corrected chi connectivity index (χ2v) is 5.54. The van der Waals surface area contributed by atoms with Crippen LogP contribution in [0.15, 0.2) is 18.2 Å². The summed E-state index contributed by atoms with van der Waals surface area (Å²) in [5, 5.41) is 7.11. The maximum absolute atomic E-state index is 12.0. The van der Waals surface area contributed by atoms with Crippen molar-refractivity contribution in [3.05, 3.63) is 28.2 Å². The molecule has 2 N–H and O–H groups in total. The highest BCUT2D eigenvalue weighted by atomic mass is 35.5. The van der Waals surface area contributed by atoms with Gasteiger partial charge < -0.3 is 10.6 Å². The van der Waals surface area contributed by atoms with Crippen LogP contribution >= 0.6 is 35.6 Å². The van der Waals surface area contributed by atoms with E-state index >= 15 is 0 Å². The summed E-state index contributed by atoms with van der Waals surface area (Å²) in [6.45, 7) is 5.19. The van der Waals surface area contributed by atoms with E-state index in [4.69, 9.17) is 23.2 Å². The number of nitrogens with zero attached hydrogens (tertiary/aromatic N) is 1. The van der Waals surface area contributed by atoms with Gasteiger partial charge in [-0.2, -0.15) is 0 Å². The zero-order valence-corrected chi connectivity index (χ0v) is 13.5. The van der Waals surface area contributed by atoms with Gasteiger partial charge in [-0.3, -0.25) is 9.69 Å². The summed E-state index contributed by atoms with van der Waals surface area (Å²) in [6, 6.07) is 5.40. The van der Waals surface area contributed by atoms with Gasteiger partial charge in [0.2, 0.25) is 5.91 Å². The summed E-state index contributed by atoms with van der Waals surface area (Å²) < 4.78 is 0. The van der Waals surface area contributed by atoms with E-state index in [1.54, 1.807) is 18.2 Å². The summed E-state index contributed by atoms with van der Waals surface area (Å²) in [7, 11) is 0. The Balaban J connectivity index is 0.00000200. The first-order valence-electron chi connectivity index (χ1n) is 6.26. The molecular formula is C13H18Cl3N3O. The minimum absolute atomic E-state index is 0. The number of anilines is 1. The smallest absolute Gasteiger partial charge is 0.238 e. The highest BCUT2D eigenvalue weighted by Gasteiger charge is 2.20. The standard InChI is InChI=1S/C13H17Cl2N3O.ClH/c1-9-7-16-4-5-18(9)8-13(19)17-12-3-2-10(14)6-11(12)15;/h2-3,6,9,16H,4-5,7-8H2,1H3,(H,17,19);1H/t9-;/m0./s1. The Bertz CT molecular complexity index is 470. The number of nitrogens with one attached hydrogen (secondary N) is 2. The molecule has 1 heterocycles. The molecule has 0 aromatic heterocycles. The maximum Gasteiger partial charge on any atom is 0.238 e. The SMILES string of the molecule is C[C@H]1CNCCN1CC(=O)Nc1ccc(Cl)cc1Cl.Cl. The Kier molecular flexibility index (Phi) is 7.06. The Labute approximate surface area is 135 Å². The maximum atomic E-state index is 12.0. The first-order chi connectivity index (χ1) is 9.06. The molecule has 0 saturated carbocycles. The predicted molar refractivity (Wildman–Crippen MR) is 86.2 cm³/mol. The molecule has 4 nitrogen and oxygen atoms in total. The van der Waals surface area contributed by atoms with Crippen LogP contribution < -0.4 is 10.6 Å². The number of amides is 1. The molecule has 1 fully saturated rings. The van der Waals surface area contributed by atoms with Crippen LogP contribution in [0.2, 0.25) is 10.0 Å². The number of rotatable bonds is 3. The Hall–Kier alpha value is -0.520. The van der Waals surface area contributed by atoms with Crippen molar-refractivity contribution in [2.75, 3.05) is 31.5 Å². The molecule has 1 amide bonds. The van der Waals surface area contributed by atoms with Gasteiger partial charge in [0.15, 0.2) is 0 Å². The largest absolute Gasteiger partial charge is 0.324 e. The van der Waals surface area contributed by atoms with Gasteiger partial charge in [0, 0.05) is 30.7 Å². The monoisotopic (exact) mass is 337 g/mol. The van der Waals surface area contributed by atoms with Crippen LogP contribution in [0.3, 0.4) is 0 Å². The van der Waals surface area contributed by atoms with E-state index in [0.29, 0.717) is 28.3 Å². The van der Waals surface area contributed by atoms with Crippen molar-refractivity contribution in [2.45, 2.75) is 13.0 Å². The molecule has 0 unspecified atom stereocenters. The van der Waals surface area contributed by atoms with Gasteiger partial charge in [0.1, 0.15) is 0 Å². The minimum Gasteiger partial charge on any atom is -0.324 e. The van der Waals surface area contributed by atoms with Crippen LogP contribution in [0.1, 0.15) is 6.92 Å². The molecule has 1 aromatic rings. The summed E-state index contributed by atoms with van der Waals surface area (Å²) in [6.07, 6.45) is 0. The van der Waals surface area contributed by atoms with Crippen molar-refractivity contribution in [1.82, 2.24) is 10.2 Å². The van der Waals surface area contributed by atoms with Crippen molar-refractivity contribution < 1.29 is 4.79 Å². The molecule has 1 aromatic carbocycles. The number of hydrogen-bond donors (Lipinski definition) is 2. The van der Waals surface area contributed by atoms with E-state index in [9.17, 15) is 4.79 Å². The summed E-state index contributed by atoms with van der Waals surface area (Å²) >= 11 is 11.8. The van der Waals surface area contributed by atoms with Crippen LogP contribution in [-0.2, 0) is 4.79 Å². The van der Waals surface area contributed by atoms with Gasteiger partial charge in [0.25, 0.3) is 0 Å². The number of benzene rings is 1. The molecule has 1 atom stereocenters. The number of piperazine rings is 1. The molecule has 7 heteroatoms. The van der Waals surface area contributed by atoms with Crippen molar-refractivity contribution >= 4 is 47.2 Å². The highest BCUT2D eigenvalue weighted by Crippen LogP contribution is 2.25. The van der Waals surface area contributed by atoms with Crippen LogP contribution in [0, 0.1) is 0 Å². The van der Waals surface area contributed by atoms with E-state index in [2.05, 4.69) is 22.5 Å². The molecule has 0 radical (unpaired) electrons. The average molecular weight is 339 g/mol. The second-order valence-electron chi connectivity index (χ2n) is 4.70. The zero-order chi connectivity index (χ0) is 13.8. The normalized spacial score (nSPS) is 19.2. The highest BCUT2D eigenvalue weighted by molar-refractivity contribution is 6.36. The molecule has 112 valence electrons. The zero-order valence-electron chi connectivity index (χ0n) is 11.2. The van der Waals surface area contributed by atoms with E-state index in [1.165, 1.54) is 0 Å². The first kappa shape index (κ1) is 17.5. The van der Waals surface area contributed by atoms with Crippen LogP contribution in [0.5, 0.6) is 0 Å². The van der Waals surface area contributed by atoms with E-state index in [0.717, 1.165) is 19.6 Å². The summed E-state index contributed by atoms with van der Waals surface area (Å²) in [4.78, 5) is 14.1. The predicted octanol–water partition coefficient (Wildman–Crippen LogP) is 2.65. The molecule has 1 aliphatic heterocycles. The van der Waals surface area contributed by atoms with Crippen molar-refractivity contribution in [3.63, 3.8) is 0 Å². The van der Waals surface area contributed by atoms with Gasteiger partial charge >= 0.3 is 0 Å². The molecule has 1 aliphatic rings. The molecule has 20 heavy (non-hydrogen) atoms. The number of hydrogen-bond acceptors (Lipinski definition) is 3. The molecule has 0 spiro atoms. The minimum atomic E-state index is -0.0574. The van der Waals surface area contributed by atoms with E-state index in [-0.39, 0.29) is 18.3 Å².